The molecule has 1 aliphatic carbocycles. The number of hydrogen-bond acceptors (Lipinski definition) is 5. The van der Waals surface area contributed by atoms with Gasteiger partial charge in [0, 0.05) is 43.2 Å². The number of carboxylic acids is 1. The maximum atomic E-state index is 13.5. The van der Waals surface area contributed by atoms with Gasteiger partial charge >= 0.3 is 5.97 Å². The smallest absolute Gasteiger partial charge is 0.336 e. The Morgan fingerprint density at radius 3 is 2.36 bits per heavy atom. The molecule has 36 heavy (non-hydrogen) atoms. The quantitative estimate of drug-likeness (QED) is 0.665. The van der Waals surface area contributed by atoms with Gasteiger partial charge in [0.2, 0.25) is 15.9 Å². The molecule has 3 heterocycles. The van der Waals surface area contributed by atoms with Gasteiger partial charge in [-0.05, 0) is 74.6 Å². The van der Waals surface area contributed by atoms with Crippen LogP contribution >= 0.6 is 0 Å². The fourth-order valence-corrected chi connectivity index (χ4v) is 7.54. The zero-order chi connectivity index (χ0) is 25.4. The van der Waals surface area contributed by atoms with E-state index in [1.807, 2.05) is 4.90 Å². The van der Waals surface area contributed by atoms with Gasteiger partial charge in [0.15, 0.2) is 0 Å². The van der Waals surface area contributed by atoms with Crippen LogP contribution in [0, 0.1) is 11.8 Å². The Hall–Kier alpha value is -2.52. The summed E-state index contributed by atoms with van der Waals surface area (Å²) < 4.78 is 28.5. The van der Waals surface area contributed by atoms with Crippen LogP contribution in [0.3, 0.4) is 0 Å². The zero-order valence-electron chi connectivity index (χ0n) is 20.9. The van der Waals surface area contributed by atoms with Crippen molar-refractivity contribution in [2.45, 2.75) is 69.6 Å². The Morgan fingerprint density at radius 2 is 1.69 bits per heavy atom. The van der Waals surface area contributed by atoms with E-state index in [1.54, 1.807) is 6.07 Å². The monoisotopic (exact) mass is 513 g/mol. The molecule has 1 amide bonds. The highest BCUT2D eigenvalue weighted by Crippen LogP contribution is 2.34. The Labute approximate surface area is 212 Å². The molecule has 9 heteroatoms. The molecule has 0 saturated carbocycles. The highest BCUT2D eigenvalue weighted by atomic mass is 32.2. The van der Waals surface area contributed by atoms with E-state index in [9.17, 15) is 23.1 Å². The Kier molecular flexibility index (Phi) is 7.05. The lowest BCUT2D eigenvalue weighted by Crippen LogP contribution is -2.44. The number of fused-ring (bicyclic) bond motifs is 2. The van der Waals surface area contributed by atoms with Gasteiger partial charge in [-0.1, -0.05) is 19.8 Å². The average Bonchev–Trinajstić information content (AvgIpc) is 3.16. The molecule has 194 valence electrons. The molecular formula is C27H35N3O5S. The second kappa shape index (κ2) is 10.1. The fourth-order valence-electron chi connectivity index (χ4n) is 6.04. The van der Waals surface area contributed by atoms with Gasteiger partial charge in [-0.3, -0.25) is 9.78 Å². The number of amides is 1. The number of carboxylic acid groups (broad SMARTS) is 1. The summed E-state index contributed by atoms with van der Waals surface area (Å²) in [7, 11) is -3.82. The van der Waals surface area contributed by atoms with Gasteiger partial charge < -0.3 is 10.0 Å². The van der Waals surface area contributed by atoms with Gasteiger partial charge in [0.1, 0.15) is 0 Å². The Bertz CT molecular complexity index is 1280. The third kappa shape index (κ3) is 4.75. The Morgan fingerprint density at radius 1 is 1.00 bits per heavy atom. The zero-order valence-corrected chi connectivity index (χ0v) is 21.7. The minimum Gasteiger partial charge on any atom is -0.478 e. The lowest BCUT2D eigenvalue weighted by atomic mass is 9.84. The van der Waals surface area contributed by atoms with Crippen molar-refractivity contribution in [1.29, 1.82) is 0 Å². The van der Waals surface area contributed by atoms with Crippen molar-refractivity contribution in [1.82, 2.24) is 14.2 Å². The predicted octanol–water partition coefficient (Wildman–Crippen LogP) is 3.86. The molecule has 3 aliphatic rings. The highest BCUT2D eigenvalue weighted by molar-refractivity contribution is 7.89. The molecule has 0 bridgehead atoms. The number of nitrogens with zero attached hydrogens (tertiary/aromatic N) is 3. The summed E-state index contributed by atoms with van der Waals surface area (Å²) in [5.74, 6) is -0.659. The van der Waals surface area contributed by atoms with E-state index >= 15 is 0 Å². The number of piperidine rings is 1. The van der Waals surface area contributed by atoms with E-state index in [-0.39, 0.29) is 35.4 Å². The molecule has 2 saturated heterocycles. The maximum absolute atomic E-state index is 13.5. The van der Waals surface area contributed by atoms with Crippen molar-refractivity contribution in [3.8, 4) is 0 Å². The molecule has 5 rings (SSSR count). The van der Waals surface area contributed by atoms with Crippen LogP contribution in [0.15, 0.2) is 23.1 Å². The summed E-state index contributed by atoms with van der Waals surface area (Å²) in [6.07, 6.45) is 7.75. The number of sulfonamides is 1. The number of rotatable bonds is 4. The summed E-state index contributed by atoms with van der Waals surface area (Å²) in [5, 5.41) is 10.4. The van der Waals surface area contributed by atoms with Gasteiger partial charge in [-0.15, -0.1) is 0 Å². The first-order valence-corrected chi connectivity index (χ1v) is 14.7. The number of pyridine rings is 1. The fraction of sp³-hybridized carbons (Fsp3) is 0.593. The lowest BCUT2D eigenvalue weighted by Gasteiger charge is -2.33. The summed E-state index contributed by atoms with van der Waals surface area (Å²) in [4.78, 5) is 32.0. The van der Waals surface area contributed by atoms with Crippen molar-refractivity contribution in [3.63, 3.8) is 0 Å². The highest BCUT2D eigenvalue weighted by Gasteiger charge is 2.34. The second-order valence-corrected chi connectivity index (χ2v) is 12.6. The number of carbonyl (C=O) groups excluding carboxylic acids is 1. The van der Waals surface area contributed by atoms with Crippen LogP contribution in [0.5, 0.6) is 0 Å². The maximum Gasteiger partial charge on any atom is 0.336 e. The summed E-state index contributed by atoms with van der Waals surface area (Å²) in [5.41, 5.74) is 2.24. The molecular weight excluding hydrogens is 478 g/mol. The van der Waals surface area contributed by atoms with Crippen molar-refractivity contribution in [3.05, 3.63) is 35.0 Å². The van der Waals surface area contributed by atoms with E-state index in [0.717, 1.165) is 62.9 Å². The van der Waals surface area contributed by atoms with E-state index < -0.39 is 16.0 Å². The van der Waals surface area contributed by atoms with Crippen LogP contribution < -0.4 is 0 Å². The molecule has 2 aromatic rings. The predicted molar refractivity (Wildman–Crippen MR) is 136 cm³/mol. The van der Waals surface area contributed by atoms with Crippen LogP contribution in [0.1, 0.15) is 73.5 Å². The lowest BCUT2D eigenvalue weighted by molar-refractivity contribution is -0.136. The molecule has 0 spiro atoms. The molecule has 0 radical (unpaired) electrons. The molecule has 1 N–H and O–H groups in total. The second-order valence-electron chi connectivity index (χ2n) is 10.7. The van der Waals surface area contributed by atoms with Crippen LogP contribution in [0.25, 0.3) is 10.9 Å². The molecule has 2 aliphatic heterocycles. The van der Waals surface area contributed by atoms with Gasteiger partial charge in [-0.2, -0.15) is 4.31 Å². The Balaban J connectivity index is 1.38. The molecule has 1 aromatic carbocycles. The van der Waals surface area contributed by atoms with Gasteiger partial charge in [-0.25, -0.2) is 13.2 Å². The first-order chi connectivity index (χ1) is 17.3. The normalized spacial score (nSPS) is 22.2. The number of carbonyl (C=O) groups is 2. The van der Waals surface area contributed by atoms with E-state index in [0.29, 0.717) is 36.1 Å². The number of benzene rings is 1. The molecule has 1 atom stereocenters. The summed E-state index contributed by atoms with van der Waals surface area (Å²) in [6.45, 7) is 4.28. The minimum absolute atomic E-state index is 0.0837. The number of aryl methyl sites for hydroxylation is 1. The third-order valence-electron chi connectivity index (χ3n) is 8.14. The van der Waals surface area contributed by atoms with Crippen LogP contribution in [-0.4, -0.2) is 65.8 Å². The summed E-state index contributed by atoms with van der Waals surface area (Å²) in [6, 6.07) is 4.64. The number of hydrogen-bond donors (Lipinski definition) is 1. The van der Waals surface area contributed by atoms with Gasteiger partial charge in [0.05, 0.1) is 16.0 Å². The van der Waals surface area contributed by atoms with Crippen LogP contribution in [0.2, 0.25) is 0 Å². The SMILES string of the molecule is C[C@@H]1CCc2nc3ccc(S(=O)(=O)N4CCC(C(=O)N5CCCCCC5)CC4)cc3c(C(=O)O)c2C1. The molecule has 2 fully saturated rings. The van der Waals surface area contributed by atoms with Gasteiger partial charge in [0.25, 0.3) is 0 Å². The van der Waals surface area contributed by atoms with Crippen molar-refractivity contribution < 1.29 is 23.1 Å². The largest absolute Gasteiger partial charge is 0.478 e. The van der Waals surface area contributed by atoms with E-state index in [4.69, 9.17) is 4.98 Å². The minimum atomic E-state index is -3.82. The number of aromatic carboxylic acids is 1. The number of likely N-dealkylation sites (tertiary alicyclic amines) is 1. The van der Waals surface area contributed by atoms with Crippen molar-refractivity contribution in [2.75, 3.05) is 26.2 Å². The first kappa shape index (κ1) is 25.1. The third-order valence-corrected chi connectivity index (χ3v) is 10.0. The van der Waals surface area contributed by atoms with Crippen molar-refractivity contribution >= 4 is 32.8 Å². The summed E-state index contributed by atoms with van der Waals surface area (Å²) >= 11 is 0. The first-order valence-electron chi connectivity index (χ1n) is 13.2. The van der Waals surface area contributed by atoms with Crippen molar-refractivity contribution in [2.24, 2.45) is 11.8 Å². The standard InChI is InChI=1S/C27H35N3O5S/c1-18-6-8-23-21(16-18)25(27(32)33)22-17-20(7-9-24(22)28-23)36(34,35)30-14-10-19(11-15-30)26(31)29-12-4-2-3-5-13-29/h7,9,17-19H,2-6,8,10-16H2,1H3,(H,32,33)/t18-/m1/s1. The van der Waals surface area contributed by atoms with Crippen LogP contribution in [0.4, 0.5) is 0 Å². The average molecular weight is 514 g/mol. The van der Waals surface area contributed by atoms with E-state index in [2.05, 4.69) is 6.92 Å². The molecule has 8 nitrogen and oxygen atoms in total. The number of aromatic nitrogens is 1. The topological polar surface area (TPSA) is 108 Å². The van der Waals surface area contributed by atoms with Crippen LogP contribution in [-0.2, 0) is 27.7 Å². The molecule has 1 aromatic heterocycles. The molecule has 0 unspecified atom stereocenters. The van der Waals surface area contributed by atoms with E-state index in [1.165, 1.54) is 16.4 Å².